The molecular formula is C50H57B24N3S. The van der Waals surface area contributed by atoms with Gasteiger partial charge in [-0.1, -0.05) is 147 Å². The number of thiophene rings is 1. The Bertz CT molecular complexity index is 4220. The SMILES string of the molecule is Bc1c(B)c(B)c(-c2c(B)c(B)c(N(c3c(B)c(B)c(B)c(B)c3B)c3c(B)c(B)c(-c4c(B)c(B)c(-c5nc(-c6ccccc6)c6ccccc6n5)c5sc6c(B)c(B)c(B)c(B)c6c45)c(B)c3B)c(B)c2B)c(B)c1B. The molecule has 0 unspecified atom stereocenters. The first kappa shape index (κ1) is 56.0. The van der Waals surface area contributed by atoms with E-state index in [1.165, 1.54) is 191 Å². The highest BCUT2D eigenvalue weighted by atomic mass is 32.1. The van der Waals surface area contributed by atoms with E-state index in [0.29, 0.717) is 0 Å². The molecule has 0 spiro atoms. The van der Waals surface area contributed by atoms with Crippen molar-refractivity contribution in [1.82, 2.24) is 9.97 Å². The first-order valence-electron chi connectivity index (χ1n) is 28.2. The molecule has 0 aliphatic heterocycles. The number of fused-ring (bicyclic) bond motifs is 4. The third-order valence-corrected chi connectivity index (χ3v) is 21.6. The van der Waals surface area contributed by atoms with E-state index >= 15 is 0 Å². The van der Waals surface area contributed by atoms with E-state index in [1.54, 1.807) is 0 Å². The Morgan fingerprint density at radius 1 is 0.282 bits per heavy atom. The summed E-state index contributed by atoms with van der Waals surface area (Å²) >= 11 is 1.94. The Hall–Kier alpha value is -5.32. The van der Waals surface area contributed by atoms with Crippen LogP contribution < -0.4 is 136 Å². The third kappa shape index (κ3) is 8.11. The highest BCUT2D eigenvalue weighted by Gasteiger charge is 2.32. The zero-order chi connectivity index (χ0) is 56.7. The molecule has 0 N–H and O–H groups in total. The van der Waals surface area contributed by atoms with Crippen LogP contribution in [0.3, 0.4) is 0 Å². The van der Waals surface area contributed by atoms with Crippen molar-refractivity contribution < 1.29 is 0 Å². The summed E-state index contributed by atoms with van der Waals surface area (Å²) < 4.78 is 2.61. The molecule has 0 aliphatic carbocycles. The fraction of sp³-hybridized carbons (Fsp3) is 0. The molecule has 0 amide bonds. The van der Waals surface area contributed by atoms with Crippen LogP contribution in [-0.4, -0.2) is 198 Å². The standard InChI is InChI=1S/C50H57B24N3S/c51-20-13(14-18-27(58)31(62)36(67)43(74)49(18)78-48(14)19(28(20)59)50-75-12-9-5-4-8-11(12)44(76-50)10-6-2-1-3-7-10)15-23(54)37(68)45(38(69)24(15)55)77(47-41(72)34(65)33(64)35(66)42(47)73)46-39(70)25(56)17(26(57)40(46)71)16-21(52)29(60)32(63)30(61)22(16)53/h1-9H,51-74H2. The number of rotatable bonds is 7. The number of nitrogens with zero attached hydrogens (tertiary/aromatic N) is 3. The number of hydrogen-bond acceptors (Lipinski definition) is 4. The monoisotopic (exact) mass is 996 g/mol. The molecule has 0 saturated carbocycles. The van der Waals surface area contributed by atoms with Crippen molar-refractivity contribution in [3.05, 3.63) is 54.6 Å². The van der Waals surface area contributed by atoms with Crippen molar-refractivity contribution in [3.63, 3.8) is 0 Å². The fourth-order valence-electron chi connectivity index (χ4n) is 13.7. The number of hydrogen-bond donors (Lipinski definition) is 0. The lowest BCUT2D eigenvalue weighted by molar-refractivity contribution is 1.24. The molecule has 2 heterocycles. The van der Waals surface area contributed by atoms with Crippen LogP contribution in [-0.2, 0) is 0 Å². The average molecular weight is 992 g/mol. The molecule has 0 fully saturated rings. The summed E-state index contributed by atoms with van der Waals surface area (Å²) in [5.74, 6) is 0.779. The largest absolute Gasteiger partial charge is 0.314 e. The van der Waals surface area contributed by atoms with Gasteiger partial charge in [-0.25, -0.2) is 9.97 Å². The second kappa shape index (κ2) is 20.3. The maximum absolute atomic E-state index is 5.59. The van der Waals surface area contributed by atoms with Crippen molar-refractivity contribution in [2.24, 2.45) is 0 Å². The van der Waals surface area contributed by atoms with E-state index in [0.717, 1.165) is 33.5 Å². The smallest absolute Gasteiger partial charge is 0.161 e. The summed E-state index contributed by atoms with van der Waals surface area (Å²) in [7, 11) is 56.5. The number of aromatic nitrogens is 2. The Balaban J connectivity index is 1.33. The summed E-state index contributed by atoms with van der Waals surface area (Å²) in [5.41, 5.74) is 45.7. The van der Waals surface area contributed by atoms with Gasteiger partial charge in [-0.3, -0.25) is 0 Å². The van der Waals surface area contributed by atoms with Gasteiger partial charge in [-0.15, -0.1) is 44.1 Å². The van der Waals surface area contributed by atoms with Gasteiger partial charge in [0.15, 0.2) is 5.82 Å². The van der Waals surface area contributed by atoms with Crippen LogP contribution in [0.5, 0.6) is 0 Å². The summed E-state index contributed by atoms with van der Waals surface area (Å²) in [5, 5.41) is 3.74. The minimum Gasteiger partial charge on any atom is -0.314 e. The lowest BCUT2D eigenvalue weighted by Crippen LogP contribution is -2.59. The molecule has 10 aromatic rings. The van der Waals surface area contributed by atoms with Crippen molar-refractivity contribution in [1.29, 1.82) is 0 Å². The van der Waals surface area contributed by atoms with Crippen LogP contribution in [0, 0.1) is 0 Å². The van der Waals surface area contributed by atoms with Crippen LogP contribution in [0.15, 0.2) is 54.6 Å². The van der Waals surface area contributed by atoms with Crippen molar-refractivity contribution >= 4 is 379 Å². The molecule has 3 nitrogen and oxygen atoms in total. The third-order valence-electron chi connectivity index (χ3n) is 20.3. The van der Waals surface area contributed by atoms with Gasteiger partial charge in [0.1, 0.15) is 188 Å². The van der Waals surface area contributed by atoms with E-state index < -0.39 is 0 Å². The lowest BCUT2D eigenvalue weighted by Gasteiger charge is -2.40. The zero-order valence-electron chi connectivity index (χ0n) is 51.4. The van der Waals surface area contributed by atoms with Gasteiger partial charge in [0, 0.05) is 48.4 Å². The summed E-state index contributed by atoms with van der Waals surface area (Å²) in [6.45, 7) is 0. The molecular weight excluding hydrogens is 934 g/mol. The molecule has 0 bridgehead atoms. The molecule has 350 valence electrons. The molecule has 28 heteroatoms. The van der Waals surface area contributed by atoms with Crippen LogP contribution in [0.2, 0.25) is 0 Å². The first-order chi connectivity index (χ1) is 36.8. The minimum absolute atomic E-state index is 0.779. The maximum atomic E-state index is 5.59. The van der Waals surface area contributed by atoms with Gasteiger partial charge in [0.25, 0.3) is 0 Å². The first-order valence-corrected chi connectivity index (χ1v) is 29.0. The van der Waals surface area contributed by atoms with Gasteiger partial charge >= 0.3 is 0 Å². The number of benzene rings is 8. The van der Waals surface area contributed by atoms with E-state index in [9.17, 15) is 0 Å². The van der Waals surface area contributed by atoms with Crippen LogP contribution >= 0.6 is 11.3 Å². The molecule has 10 rings (SSSR count). The predicted octanol–water partition coefficient (Wildman–Crippen LogP) is -27.7. The topological polar surface area (TPSA) is 29.0 Å². The molecule has 8 aromatic carbocycles. The summed E-state index contributed by atoms with van der Waals surface area (Å²) in [6, 6.07) is 19.1. The van der Waals surface area contributed by atoms with Crippen molar-refractivity contribution in [2.75, 3.05) is 4.90 Å². The molecule has 2 aromatic heterocycles. The van der Waals surface area contributed by atoms with Gasteiger partial charge in [-0.2, -0.15) is 0 Å². The molecule has 78 heavy (non-hydrogen) atoms. The van der Waals surface area contributed by atoms with Gasteiger partial charge < -0.3 is 4.90 Å². The summed E-state index contributed by atoms with van der Waals surface area (Å²) in [4.78, 5) is 13.8. The Morgan fingerprint density at radius 3 is 1.12 bits per heavy atom. The van der Waals surface area contributed by atoms with Crippen molar-refractivity contribution in [3.8, 4) is 44.9 Å². The highest BCUT2D eigenvalue weighted by molar-refractivity contribution is 7.28. The number of anilines is 3. The minimum atomic E-state index is 0.779. The summed E-state index contributed by atoms with van der Waals surface area (Å²) in [6.07, 6.45) is 0. The average Bonchev–Trinajstić information content (AvgIpc) is 3.98. The van der Waals surface area contributed by atoms with E-state index in [2.05, 4.69) is 248 Å². The second-order valence-electron chi connectivity index (χ2n) is 23.5. The normalized spacial score (nSPS) is 11.5. The van der Waals surface area contributed by atoms with Gasteiger partial charge in [0.05, 0.1) is 11.2 Å². The number of para-hydroxylation sites is 1. The van der Waals surface area contributed by atoms with Gasteiger partial charge in [-0.05, 0) is 33.7 Å². The van der Waals surface area contributed by atoms with E-state index in [1.807, 2.05) is 11.3 Å². The maximum Gasteiger partial charge on any atom is 0.161 e. The van der Waals surface area contributed by atoms with E-state index in [4.69, 9.17) is 9.97 Å². The molecule has 0 atom stereocenters. The van der Waals surface area contributed by atoms with Crippen LogP contribution in [0.1, 0.15) is 0 Å². The fourth-order valence-corrected chi connectivity index (χ4v) is 15.3. The Kier molecular flexibility index (Phi) is 14.6. The van der Waals surface area contributed by atoms with Gasteiger partial charge in [0.2, 0.25) is 0 Å². The molecule has 0 radical (unpaired) electrons. The second-order valence-corrected chi connectivity index (χ2v) is 24.6. The van der Waals surface area contributed by atoms with E-state index in [-0.39, 0.29) is 0 Å². The Labute approximate surface area is 489 Å². The zero-order valence-corrected chi connectivity index (χ0v) is 52.3. The molecule has 0 saturated heterocycles. The predicted molar refractivity (Wildman–Crippen MR) is 425 cm³/mol. The lowest BCUT2D eigenvalue weighted by atomic mass is 9.56. The Morgan fingerprint density at radius 2 is 0.628 bits per heavy atom. The van der Waals surface area contributed by atoms with Crippen LogP contribution in [0.4, 0.5) is 17.1 Å². The quantitative estimate of drug-likeness (QED) is 0.149. The molecule has 0 aliphatic rings. The highest BCUT2D eigenvalue weighted by Crippen LogP contribution is 2.42. The van der Waals surface area contributed by atoms with Crippen LogP contribution in [0.25, 0.3) is 76.0 Å². The van der Waals surface area contributed by atoms with Crippen molar-refractivity contribution in [2.45, 2.75) is 0 Å².